The van der Waals surface area contributed by atoms with E-state index in [-0.39, 0.29) is 17.0 Å². The van der Waals surface area contributed by atoms with Crippen LogP contribution in [0.4, 0.5) is 15.8 Å². The van der Waals surface area contributed by atoms with E-state index in [4.69, 9.17) is 15.7 Å². The van der Waals surface area contributed by atoms with Crippen molar-refractivity contribution in [3.63, 3.8) is 0 Å². The van der Waals surface area contributed by atoms with Crippen LogP contribution in [0.15, 0.2) is 35.3 Å². The van der Waals surface area contributed by atoms with Gasteiger partial charge in [0, 0.05) is 0 Å². The van der Waals surface area contributed by atoms with Crippen molar-refractivity contribution in [2.24, 2.45) is 4.99 Å². The molecule has 6 nitrogen and oxygen atoms in total. The molecule has 116 valence electrons. The number of aryl methyl sites for hydroxylation is 1. The third-order valence-electron chi connectivity index (χ3n) is 2.99. The molecule has 0 saturated carbocycles. The zero-order valence-corrected chi connectivity index (χ0v) is 12.2. The lowest BCUT2D eigenvalue weighted by molar-refractivity contribution is -0.108. The first-order chi connectivity index (χ1) is 11.1. The van der Waals surface area contributed by atoms with Gasteiger partial charge in [-0.1, -0.05) is 0 Å². The van der Waals surface area contributed by atoms with Crippen molar-refractivity contribution in [1.82, 2.24) is 5.32 Å². The van der Waals surface area contributed by atoms with Gasteiger partial charge in [-0.3, -0.25) is 4.79 Å². The van der Waals surface area contributed by atoms with Gasteiger partial charge >= 0.3 is 0 Å². The number of nitriles is 1. The molecule has 0 spiro atoms. The molecule has 1 amide bonds. The average Bonchev–Trinajstić information content (AvgIpc) is 2.53. The summed E-state index contributed by atoms with van der Waals surface area (Å²) in [5, 5.41) is 11.4. The second-order valence-electron chi connectivity index (χ2n) is 4.55. The zero-order chi connectivity index (χ0) is 16.8. The second kappa shape index (κ2) is 7.04. The number of halogens is 1. The highest BCUT2D eigenvalue weighted by Gasteiger charge is 2.14. The van der Waals surface area contributed by atoms with E-state index >= 15 is 0 Å². The summed E-state index contributed by atoms with van der Waals surface area (Å²) in [5.74, 6) is -0.553. The van der Waals surface area contributed by atoms with Gasteiger partial charge in [0.2, 0.25) is 6.41 Å². The minimum atomic E-state index is -0.675. The fourth-order valence-electron chi connectivity index (χ4n) is 1.88. The number of carbonyl (C=O) groups is 1. The van der Waals surface area contributed by atoms with Crippen LogP contribution in [0.25, 0.3) is 0 Å². The van der Waals surface area contributed by atoms with Crippen molar-refractivity contribution < 1.29 is 13.9 Å². The Balaban J connectivity index is 2.32. The molecule has 0 aliphatic heterocycles. The molecule has 0 fully saturated rings. The number of aliphatic imine (C=N–C) groups is 1. The molecule has 0 heterocycles. The van der Waals surface area contributed by atoms with Gasteiger partial charge in [-0.25, -0.2) is 9.38 Å². The molecule has 0 saturated heterocycles. The van der Waals surface area contributed by atoms with Crippen LogP contribution >= 0.6 is 0 Å². The van der Waals surface area contributed by atoms with Crippen molar-refractivity contribution in [3.05, 3.63) is 47.3 Å². The van der Waals surface area contributed by atoms with Crippen LogP contribution in [0.3, 0.4) is 0 Å². The van der Waals surface area contributed by atoms with Gasteiger partial charge in [-0.05, 0) is 42.8 Å². The summed E-state index contributed by atoms with van der Waals surface area (Å²) in [6.07, 6.45) is 1.75. The van der Waals surface area contributed by atoms with Gasteiger partial charge in [0.05, 0.1) is 17.7 Å². The van der Waals surface area contributed by atoms with Crippen molar-refractivity contribution in [2.75, 3.05) is 5.73 Å². The first-order valence-electron chi connectivity index (χ1n) is 6.55. The first-order valence-corrected chi connectivity index (χ1v) is 6.55. The van der Waals surface area contributed by atoms with Crippen molar-refractivity contribution in [2.45, 2.75) is 6.92 Å². The fraction of sp³-hybridized carbons (Fsp3) is 0.0625. The Morgan fingerprint density at radius 1 is 1.39 bits per heavy atom. The number of nitrogens with one attached hydrogen (secondary N) is 1. The normalized spacial score (nSPS) is 10.3. The number of benzene rings is 2. The molecule has 0 atom stereocenters. The Morgan fingerprint density at radius 3 is 2.83 bits per heavy atom. The third kappa shape index (κ3) is 3.63. The van der Waals surface area contributed by atoms with E-state index in [2.05, 4.69) is 10.3 Å². The number of amides is 1. The molecule has 3 N–H and O–H groups in total. The number of nitrogens with two attached hydrogens (primary N) is 1. The van der Waals surface area contributed by atoms with Gasteiger partial charge in [-0.15, -0.1) is 0 Å². The summed E-state index contributed by atoms with van der Waals surface area (Å²) in [4.78, 5) is 14.2. The average molecular weight is 312 g/mol. The largest absolute Gasteiger partial charge is 0.453 e. The maximum atomic E-state index is 13.9. The van der Waals surface area contributed by atoms with E-state index in [0.717, 1.165) is 11.6 Å². The highest BCUT2D eigenvalue weighted by Crippen LogP contribution is 2.33. The van der Waals surface area contributed by atoms with E-state index < -0.39 is 5.82 Å². The highest BCUT2D eigenvalue weighted by atomic mass is 19.1. The maximum Gasteiger partial charge on any atom is 0.212 e. The molecule has 2 aromatic carbocycles. The number of ether oxygens (including phenoxy) is 1. The van der Waals surface area contributed by atoms with Crippen LogP contribution in [0.2, 0.25) is 0 Å². The Hall–Kier alpha value is -3.40. The summed E-state index contributed by atoms with van der Waals surface area (Å²) >= 11 is 0. The van der Waals surface area contributed by atoms with Crippen LogP contribution in [0.1, 0.15) is 11.1 Å². The van der Waals surface area contributed by atoms with E-state index in [1.54, 1.807) is 25.1 Å². The molecule has 0 aliphatic carbocycles. The third-order valence-corrected chi connectivity index (χ3v) is 2.99. The summed E-state index contributed by atoms with van der Waals surface area (Å²) in [6, 6.07) is 9.13. The molecule has 0 aromatic heterocycles. The smallest absolute Gasteiger partial charge is 0.212 e. The Morgan fingerprint density at radius 2 is 2.17 bits per heavy atom. The van der Waals surface area contributed by atoms with E-state index in [0.29, 0.717) is 17.8 Å². The van der Waals surface area contributed by atoms with Crippen LogP contribution in [-0.2, 0) is 4.79 Å². The lowest BCUT2D eigenvalue weighted by atomic mass is 10.1. The minimum Gasteiger partial charge on any atom is -0.453 e. The van der Waals surface area contributed by atoms with Gasteiger partial charge in [-0.2, -0.15) is 5.26 Å². The van der Waals surface area contributed by atoms with Gasteiger partial charge < -0.3 is 15.8 Å². The monoisotopic (exact) mass is 312 g/mol. The predicted octanol–water partition coefficient (Wildman–Crippen LogP) is 2.79. The Labute approximate surface area is 132 Å². The number of carbonyl (C=O) groups excluding carboxylic acids is 1. The van der Waals surface area contributed by atoms with Gasteiger partial charge in [0.25, 0.3) is 0 Å². The van der Waals surface area contributed by atoms with Crippen molar-refractivity contribution in [1.29, 1.82) is 5.26 Å². The fourth-order valence-corrected chi connectivity index (χ4v) is 1.88. The van der Waals surface area contributed by atoms with Gasteiger partial charge in [0.1, 0.15) is 17.4 Å². The molecule has 0 bridgehead atoms. The number of rotatable bonds is 5. The van der Waals surface area contributed by atoms with Crippen LogP contribution in [-0.4, -0.2) is 12.7 Å². The zero-order valence-electron chi connectivity index (χ0n) is 12.2. The lowest BCUT2D eigenvalue weighted by Crippen LogP contribution is -2.05. The van der Waals surface area contributed by atoms with Gasteiger partial charge in [0.15, 0.2) is 11.6 Å². The van der Waals surface area contributed by atoms with Crippen molar-refractivity contribution >= 4 is 24.1 Å². The Bertz CT molecular complexity index is 812. The Kier molecular flexibility index (Phi) is 4.89. The number of anilines is 1. The maximum absolute atomic E-state index is 13.9. The molecule has 2 rings (SSSR count). The summed E-state index contributed by atoms with van der Waals surface area (Å²) in [7, 11) is 0. The highest BCUT2D eigenvalue weighted by molar-refractivity contribution is 5.74. The molecule has 0 unspecified atom stereocenters. The molecule has 0 radical (unpaired) electrons. The van der Waals surface area contributed by atoms with Crippen LogP contribution < -0.4 is 15.8 Å². The summed E-state index contributed by atoms with van der Waals surface area (Å²) in [6.45, 7) is 1.78. The topological polar surface area (TPSA) is 100 Å². The van der Waals surface area contributed by atoms with E-state index in [9.17, 15) is 9.18 Å². The number of nitrogen functional groups attached to an aromatic ring is 1. The first kappa shape index (κ1) is 16.0. The van der Waals surface area contributed by atoms with Crippen LogP contribution in [0.5, 0.6) is 11.5 Å². The molecule has 7 heteroatoms. The summed E-state index contributed by atoms with van der Waals surface area (Å²) in [5.41, 5.74) is 7.09. The number of hydrogen-bond donors (Lipinski definition) is 2. The minimum absolute atomic E-state index is 0.0556. The van der Waals surface area contributed by atoms with E-state index in [1.807, 2.05) is 6.07 Å². The molecule has 0 aliphatic rings. The molecule has 23 heavy (non-hydrogen) atoms. The number of nitrogens with zero attached hydrogens (tertiary/aromatic N) is 2. The predicted molar refractivity (Wildman–Crippen MR) is 84.1 cm³/mol. The molecular formula is C16H13FN4O2. The lowest BCUT2D eigenvalue weighted by Gasteiger charge is -2.11. The van der Waals surface area contributed by atoms with Crippen LogP contribution in [0, 0.1) is 24.1 Å². The van der Waals surface area contributed by atoms with Crippen molar-refractivity contribution in [3.8, 4) is 17.6 Å². The summed E-state index contributed by atoms with van der Waals surface area (Å²) < 4.78 is 19.4. The SMILES string of the molecule is Cc1cc(Oc2c(F)ccc(N)c2C#N)ccc1N=CNC=O. The quantitative estimate of drug-likeness (QED) is 0.383. The molecular weight excluding hydrogens is 299 g/mol. The molecule has 2 aromatic rings. The second-order valence-corrected chi connectivity index (χ2v) is 4.55. The number of hydrogen-bond acceptors (Lipinski definition) is 5. The van der Waals surface area contributed by atoms with E-state index in [1.165, 1.54) is 12.4 Å². The standard InChI is InChI=1S/C16H13FN4O2/c1-10-6-11(2-5-15(10)21-8-20-9-22)23-16-12(7-18)14(19)4-3-13(16)17/h2-6,8-9H,19H2,1H3,(H,20,21,22).